The lowest BCUT2D eigenvalue weighted by Gasteiger charge is -2.45. The van der Waals surface area contributed by atoms with Gasteiger partial charge < -0.3 is 9.84 Å². The molecule has 110 valence electrons. The highest BCUT2D eigenvalue weighted by atomic mass is 16.5. The third kappa shape index (κ3) is 3.81. The van der Waals surface area contributed by atoms with Gasteiger partial charge in [0.1, 0.15) is 0 Å². The molecule has 0 aliphatic carbocycles. The van der Waals surface area contributed by atoms with Crippen LogP contribution in [0.3, 0.4) is 0 Å². The Morgan fingerprint density at radius 2 is 2.10 bits per heavy atom. The molecular weight excluding hydrogens is 254 g/mol. The summed E-state index contributed by atoms with van der Waals surface area (Å²) in [5.41, 5.74) is 1.15. The minimum absolute atomic E-state index is 0.0379. The second kappa shape index (κ2) is 6.37. The van der Waals surface area contributed by atoms with Crippen LogP contribution < -0.4 is 0 Å². The highest BCUT2D eigenvalue weighted by molar-refractivity contribution is 5.66. The molecule has 0 spiro atoms. The van der Waals surface area contributed by atoms with E-state index in [0.717, 1.165) is 13.1 Å². The molecule has 1 atom stereocenters. The van der Waals surface area contributed by atoms with Crippen LogP contribution >= 0.6 is 0 Å². The Morgan fingerprint density at radius 1 is 1.40 bits per heavy atom. The Kier molecular flexibility index (Phi) is 4.78. The molecule has 1 N–H and O–H groups in total. The lowest BCUT2D eigenvalue weighted by Crippen LogP contribution is -2.54. The molecule has 1 aliphatic heterocycles. The molecule has 20 heavy (non-hydrogen) atoms. The van der Waals surface area contributed by atoms with Crippen LogP contribution in [0.25, 0.3) is 0 Å². The van der Waals surface area contributed by atoms with E-state index in [2.05, 4.69) is 30.9 Å². The van der Waals surface area contributed by atoms with Crippen LogP contribution in [0.2, 0.25) is 0 Å². The van der Waals surface area contributed by atoms with E-state index in [-0.39, 0.29) is 18.1 Å². The number of aliphatic carboxylic acids is 1. The summed E-state index contributed by atoms with van der Waals surface area (Å²) in [5, 5.41) is 8.76. The molecule has 0 radical (unpaired) electrons. The normalized spacial score (nSPS) is 22.6. The van der Waals surface area contributed by atoms with Gasteiger partial charge in [0.2, 0.25) is 0 Å². The van der Waals surface area contributed by atoms with Gasteiger partial charge in [-0.1, -0.05) is 30.3 Å². The number of morpholine rings is 1. The van der Waals surface area contributed by atoms with Crippen LogP contribution in [-0.4, -0.2) is 41.2 Å². The Balaban J connectivity index is 1.99. The molecule has 4 nitrogen and oxygen atoms in total. The first kappa shape index (κ1) is 15.0. The van der Waals surface area contributed by atoms with Gasteiger partial charge in [0.25, 0.3) is 0 Å². The fourth-order valence-electron chi connectivity index (χ4n) is 2.58. The van der Waals surface area contributed by atoms with Crippen LogP contribution in [0, 0.1) is 0 Å². The van der Waals surface area contributed by atoms with E-state index in [1.165, 1.54) is 5.56 Å². The molecule has 0 amide bonds. The van der Waals surface area contributed by atoms with Crippen molar-refractivity contribution in [3.63, 3.8) is 0 Å². The fraction of sp³-hybridized carbons (Fsp3) is 0.562. The van der Waals surface area contributed by atoms with E-state index in [4.69, 9.17) is 9.84 Å². The minimum Gasteiger partial charge on any atom is -0.481 e. The fourth-order valence-corrected chi connectivity index (χ4v) is 2.58. The maximum atomic E-state index is 10.6. The first-order valence-corrected chi connectivity index (χ1v) is 7.12. The van der Waals surface area contributed by atoms with Gasteiger partial charge in [-0.3, -0.25) is 9.69 Å². The molecule has 1 heterocycles. The van der Waals surface area contributed by atoms with Crippen molar-refractivity contribution in [2.75, 3.05) is 19.7 Å². The number of rotatable bonds is 5. The zero-order valence-corrected chi connectivity index (χ0v) is 12.2. The Bertz CT molecular complexity index is 444. The molecule has 0 saturated carbocycles. The largest absolute Gasteiger partial charge is 0.481 e. The lowest BCUT2D eigenvalue weighted by atomic mass is 9.97. The number of carboxylic acids is 1. The molecule has 1 aromatic carbocycles. The van der Waals surface area contributed by atoms with Gasteiger partial charge in [0, 0.05) is 18.5 Å². The first-order chi connectivity index (χ1) is 9.49. The molecule has 1 aromatic rings. The highest BCUT2D eigenvalue weighted by Gasteiger charge is 2.35. The number of carboxylic acid groups (broad SMARTS) is 1. The highest BCUT2D eigenvalue weighted by Crippen LogP contribution is 2.30. The molecule has 1 aliphatic rings. The lowest BCUT2D eigenvalue weighted by molar-refractivity contribution is -0.137. The molecule has 4 heteroatoms. The van der Waals surface area contributed by atoms with Gasteiger partial charge in [0.05, 0.1) is 12.7 Å². The molecular formula is C16H23NO3. The second-order valence-corrected chi connectivity index (χ2v) is 5.97. The predicted octanol–water partition coefficient (Wildman–Crippen LogP) is 2.70. The summed E-state index contributed by atoms with van der Waals surface area (Å²) < 4.78 is 5.98. The second-order valence-electron chi connectivity index (χ2n) is 5.97. The van der Waals surface area contributed by atoms with Crippen LogP contribution in [-0.2, 0) is 9.53 Å². The van der Waals surface area contributed by atoms with Crippen LogP contribution in [0.15, 0.2) is 30.3 Å². The van der Waals surface area contributed by atoms with Crippen molar-refractivity contribution in [1.29, 1.82) is 0 Å². The summed E-state index contributed by atoms with van der Waals surface area (Å²) in [6.07, 6.45) is 0.984. The Morgan fingerprint density at radius 3 is 2.75 bits per heavy atom. The summed E-state index contributed by atoms with van der Waals surface area (Å²) in [4.78, 5) is 13.0. The molecule has 0 bridgehead atoms. The predicted molar refractivity (Wildman–Crippen MR) is 77.7 cm³/mol. The number of benzene rings is 1. The van der Waals surface area contributed by atoms with Gasteiger partial charge in [-0.2, -0.15) is 0 Å². The number of hydrogen-bond donors (Lipinski definition) is 1. The van der Waals surface area contributed by atoms with Gasteiger partial charge in [-0.25, -0.2) is 0 Å². The van der Waals surface area contributed by atoms with E-state index in [1.54, 1.807) is 0 Å². The molecule has 0 unspecified atom stereocenters. The van der Waals surface area contributed by atoms with Crippen molar-refractivity contribution in [2.45, 2.75) is 38.3 Å². The topological polar surface area (TPSA) is 49.8 Å². The van der Waals surface area contributed by atoms with Gasteiger partial charge in [-0.15, -0.1) is 0 Å². The van der Waals surface area contributed by atoms with Gasteiger partial charge in [-0.05, 0) is 32.4 Å². The van der Waals surface area contributed by atoms with Crippen molar-refractivity contribution in [3.05, 3.63) is 35.9 Å². The van der Waals surface area contributed by atoms with Gasteiger partial charge >= 0.3 is 5.97 Å². The number of nitrogens with zero attached hydrogens (tertiary/aromatic N) is 1. The first-order valence-electron chi connectivity index (χ1n) is 7.12. The van der Waals surface area contributed by atoms with Crippen molar-refractivity contribution in [1.82, 2.24) is 4.90 Å². The zero-order chi connectivity index (χ0) is 14.6. The third-order valence-corrected chi connectivity index (χ3v) is 3.87. The summed E-state index contributed by atoms with van der Waals surface area (Å²) in [7, 11) is 0. The van der Waals surface area contributed by atoms with E-state index in [0.29, 0.717) is 13.0 Å². The van der Waals surface area contributed by atoms with Crippen LogP contribution in [0.4, 0.5) is 0 Å². The average Bonchev–Trinajstić information content (AvgIpc) is 2.41. The molecule has 2 rings (SSSR count). The van der Waals surface area contributed by atoms with E-state index < -0.39 is 5.97 Å². The van der Waals surface area contributed by atoms with Crippen LogP contribution in [0.5, 0.6) is 0 Å². The number of ether oxygens (including phenoxy) is 1. The smallest absolute Gasteiger partial charge is 0.303 e. The zero-order valence-electron chi connectivity index (χ0n) is 12.2. The molecule has 0 aromatic heterocycles. The van der Waals surface area contributed by atoms with E-state index >= 15 is 0 Å². The maximum absolute atomic E-state index is 10.6. The van der Waals surface area contributed by atoms with Crippen molar-refractivity contribution >= 4 is 5.97 Å². The maximum Gasteiger partial charge on any atom is 0.303 e. The summed E-state index contributed by atoms with van der Waals surface area (Å²) in [6, 6.07) is 10.2. The SMILES string of the molecule is CC1(C)CO[C@@H](c2ccccc2)CN1CCCC(=O)O. The summed E-state index contributed by atoms with van der Waals surface area (Å²) >= 11 is 0. The quantitative estimate of drug-likeness (QED) is 0.899. The Labute approximate surface area is 120 Å². The number of hydrogen-bond acceptors (Lipinski definition) is 3. The number of carbonyl (C=O) groups is 1. The molecule has 1 saturated heterocycles. The minimum atomic E-state index is -0.726. The van der Waals surface area contributed by atoms with E-state index in [9.17, 15) is 4.79 Å². The van der Waals surface area contributed by atoms with Crippen molar-refractivity contribution in [3.8, 4) is 0 Å². The summed E-state index contributed by atoms with van der Waals surface area (Å²) in [6.45, 7) is 6.58. The van der Waals surface area contributed by atoms with Crippen LogP contribution in [0.1, 0.15) is 38.4 Å². The monoisotopic (exact) mass is 277 g/mol. The van der Waals surface area contributed by atoms with Gasteiger partial charge in [0.15, 0.2) is 0 Å². The van der Waals surface area contributed by atoms with Crippen molar-refractivity contribution < 1.29 is 14.6 Å². The van der Waals surface area contributed by atoms with E-state index in [1.807, 2.05) is 18.2 Å². The summed E-state index contributed by atoms with van der Waals surface area (Å²) in [5.74, 6) is -0.726. The molecule has 1 fully saturated rings. The average molecular weight is 277 g/mol. The van der Waals surface area contributed by atoms with Crippen molar-refractivity contribution in [2.24, 2.45) is 0 Å². The Hall–Kier alpha value is -1.39. The standard InChI is InChI=1S/C16H23NO3/c1-16(2)12-20-14(13-7-4-3-5-8-13)11-17(16)10-6-9-15(18)19/h3-5,7-8,14H,6,9-12H2,1-2H3,(H,18,19)/t14-/m1/s1. The third-order valence-electron chi connectivity index (χ3n) is 3.87.